The van der Waals surface area contributed by atoms with Gasteiger partial charge in [0.25, 0.3) is 0 Å². The Morgan fingerprint density at radius 3 is 2.32 bits per heavy atom. The summed E-state index contributed by atoms with van der Waals surface area (Å²) in [6, 6.07) is 10.3. The van der Waals surface area contributed by atoms with Gasteiger partial charge >= 0.3 is 12.2 Å². The fraction of sp³-hybridized carbons (Fsp3) is 0.611. The fourth-order valence-electron chi connectivity index (χ4n) is 10.6. The first-order valence-electron chi connectivity index (χ1n) is 25.3. The molecule has 14 nitrogen and oxygen atoms in total. The minimum Gasteiger partial charge on any atom is -0.459 e. The molecule has 1 fully saturated rings. The van der Waals surface area contributed by atoms with Crippen LogP contribution in [0.5, 0.6) is 23.0 Å². The van der Waals surface area contributed by atoms with Crippen molar-refractivity contribution in [1.82, 2.24) is 10.2 Å². The molecule has 2 heterocycles. The van der Waals surface area contributed by atoms with Crippen LogP contribution in [0.15, 0.2) is 78.5 Å². The number of ether oxygens (including phenoxy) is 6. The van der Waals surface area contributed by atoms with Gasteiger partial charge in [0.1, 0.15) is 24.7 Å². The number of hydrogen-bond donors (Lipinski definition) is 3. The molecular weight excluding hydrogens is 867 g/mol. The molecular formula is C54H77N3O11. The van der Waals surface area contributed by atoms with E-state index < -0.39 is 29.9 Å². The summed E-state index contributed by atoms with van der Waals surface area (Å²) in [6.45, 7) is 11.2. The molecule has 68 heavy (non-hydrogen) atoms. The van der Waals surface area contributed by atoms with Crippen LogP contribution in [0.1, 0.15) is 140 Å². The minimum atomic E-state index is -1.52. The number of amides is 2. The summed E-state index contributed by atoms with van der Waals surface area (Å²) in [7, 11) is 1.51. The number of aliphatic hydroxyl groups is 2. The predicted molar refractivity (Wildman–Crippen MR) is 262 cm³/mol. The number of rotatable bonds is 30. The molecule has 0 spiro atoms. The van der Waals surface area contributed by atoms with E-state index in [1.54, 1.807) is 23.1 Å². The van der Waals surface area contributed by atoms with Crippen molar-refractivity contribution in [3.8, 4) is 23.0 Å². The zero-order chi connectivity index (χ0) is 48.1. The Balaban J connectivity index is 1.39. The van der Waals surface area contributed by atoms with Crippen molar-refractivity contribution in [2.75, 3.05) is 46.9 Å². The molecule has 2 amide bonds. The maximum absolute atomic E-state index is 14.7. The second-order valence-electron chi connectivity index (χ2n) is 18.5. The number of fused-ring (bicyclic) bond motifs is 3. The molecule has 6 rings (SSSR count). The number of nitrogens with zero attached hydrogens (tertiary/aromatic N) is 2. The van der Waals surface area contributed by atoms with Crippen LogP contribution in [0.4, 0.5) is 9.59 Å². The van der Waals surface area contributed by atoms with E-state index in [1.165, 1.54) is 52.1 Å². The molecule has 2 aliphatic heterocycles. The van der Waals surface area contributed by atoms with Crippen molar-refractivity contribution in [3.05, 3.63) is 84.5 Å². The second kappa shape index (κ2) is 27.2. The predicted octanol–water partition coefficient (Wildman–Crippen LogP) is 10.9. The van der Waals surface area contributed by atoms with Gasteiger partial charge in [-0.2, -0.15) is 0 Å². The van der Waals surface area contributed by atoms with E-state index in [2.05, 4.69) is 36.6 Å². The lowest BCUT2D eigenvalue weighted by Crippen LogP contribution is -2.70. The van der Waals surface area contributed by atoms with Gasteiger partial charge in [0.05, 0.1) is 24.8 Å². The number of hydrogen-bond acceptors (Lipinski definition) is 12. The van der Waals surface area contributed by atoms with E-state index in [0.29, 0.717) is 54.5 Å². The van der Waals surface area contributed by atoms with Crippen molar-refractivity contribution >= 4 is 17.9 Å². The van der Waals surface area contributed by atoms with Gasteiger partial charge in [-0.1, -0.05) is 107 Å². The van der Waals surface area contributed by atoms with Gasteiger partial charge in [0.2, 0.25) is 12.6 Å². The van der Waals surface area contributed by atoms with Gasteiger partial charge in [0.15, 0.2) is 11.5 Å². The van der Waals surface area contributed by atoms with Crippen LogP contribution in [-0.4, -0.2) is 91.7 Å². The molecule has 4 aliphatic rings. The average molecular weight is 944 g/mol. The van der Waals surface area contributed by atoms with Crippen LogP contribution < -0.4 is 24.3 Å². The molecule has 14 heteroatoms. The van der Waals surface area contributed by atoms with Crippen LogP contribution in [-0.2, 0) is 20.9 Å². The number of nitrogens with one attached hydrogen (secondary N) is 1. The van der Waals surface area contributed by atoms with Crippen LogP contribution >= 0.6 is 0 Å². The summed E-state index contributed by atoms with van der Waals surface area (Å²) < 4.78 is 37.8. The summed E-state index contributed by atoms with van der Waals surface area (Å²) in [5.74, 6) is -0.264. The molecule has 0 aromatic heterocycles. The molecule has 0 saturated heterocycles. The van der Waals surface area contributed by atoms with E-state index >= 15 is 0 Å². The number of carbonyl (C=O) groups excluding carboxylic acids is 2. The van der Waals surface area contributed by atoms with Gasteiger partial charge < -0.3 is 48.8 Å². The zero-order valence-electron chi connectivity index (χ0n) is 40.6. The molecule has 6 atom stereocenters. The van der Waals surface area contributed by atoms with Crippen molar-refractivity contribution in [2.24, 2.45) is 22.9 Å². The molecule has 3 N–H and O–H groups in total. The normalized spacial score (nSPS) is 22.6. The Labute approximate surface area is 404 Å². The van der Waals surface area contributed by atoms with Gasteiger partial charge in [-0.3, -0.25) is 4.90 Å². The van der Waals surface area contributed by atoms with Gasteiger partial charge in [-0.25, -0.2) is 9.59 Å². The van der Waals surface area contributed by atoms with Crippen molar-refractivity contribution < 1.29 is 53.1 Å². The minimum absolute atomic E-state index is 0.0202. The number of aliphatic hydroxyl groups excluding tert-OH is 2. The zero-order valence-corrected chi connectivity index (χ0v) is 40.6. The molecule has 0 radical (unpaired) electrons. The number of benzene rings is 2. The third kappa shape index (κ3) is 13.4. The highest BCUT2D eigenvalue weighted by atomic mass is 16.7. The first-order valence-corrected chi connectivity index (χ1v) is 25.3. The summed E-state index contributed by atoms with van der Waals surface area (Å²) in [4.78, 5) is 35.3. The highest BCUT2D eigenvalue weighted by Gasteiger charge is 2.65. The largest absolute Gasteiger partial charge is 0.459 e. The average Bonchev–Trinajstić information content (AvgIpc) is 3.82. The summed E-state index contributed by atoms with van der Waals surface area (Å²) in [5.41, 5.74) is 3.15. The van der Waals surface area contributed by atoms with Gasteiger partial charge in [-0.15, -0.1) is 13.2 Å². The van der Waals surface area contributed by atoms with E-state index in [1.807, 2.05) is 30.3 Å². The lowest BCUT2D eigenvalue weighted by atomic mass is 9.55. The van der Waals surface area contributed by atoms with Crippen LogP contribution in [0.25, 0.3) is 0 Å². The van der Waals surface area contributed by atoms with Crippen molar-refractivity contribution in [3.63, 3.8) is 0 Å². The Hall–Kier alpha value is -5.05. The van der Waals surface area contributed by atoms with Crippen LogP contribution in [0.2, 0.25) is 0 Å². The number of oxime groups is 1. The maximum Gasteiger partial charge on any atom is 0.412 e. The first kappa shape index (κ1) is 52.3. The molecule has 374 valence electrons. The smallest absolute Gasteiger partial charge is 0.412 e. The third-order valence-electron chi connectivity index (χ3n) is 13.8. The molecule has 2 aromatic carbocycles. The van der Waals surface area contributed by atoms with E-state index in [4.69, 9.17) is 33.3 Å². The molecule has 2 aliphatic carbocycles. The fourth-order valence-corrected chi connectivity index (χ4v) is 10.6. The van der Waals surface area contributed by atoms with Crippen LogP contribution in [0.3, 0.4) is 0 Å². The summed E-state index contributed by atoms with van der Waals surface area (Å²) in [6.07, 6.45) is 21.6. The Morgan fingerprint density at radius 1 is 0.882 bits per heavy atom. The highest BCUT2D eigenvalue weighted by Crippen LogP contribution is 2.62. The third-order valence-corrected chi connectivity index (χ3v) is 13.8. The quantitative estimate of drug-likeness (QED) is 0.0387. The molecule has 0 bridgehead atoms. The van der Waals surface area contributed by atoms with Gasteiger partial charge in [0, 0.05) is 44.2 Å². The van der Waals surface area contributed by atoms with Crippen molar-refractivity contribution in [1.29, 1.82) is 0 Å². The number of allylic oxidation sites excluding steroid dienone is 1. The van der Waals surface area contributed by atoms with E-state index in [0.717, 1.165) is 61.6 Å². The number of carbonyl (C=O) groups is 2. The first-order chi connectivity index (χ1) is 33.3. The number of unbranched alkanes of at least 4 members (excludes halogenated alkanes) is 11. The maximum atomic E-state index is 14.7. The van der Waals surface area contributed by atoms with Crippen LogP contribution in [0, 0.1) is 17.8 Å². The second-order valence-corrected chi connectivity index (χ2v) is 18.5. The molecule has 1 saturated carbocycles. The summed E-state index contributed by atoms with van der Waals surface area (Å²) >= 11 is 0. The lowest BCUT2D eigenvalue weighted by molar-refractivity contribution is -0.256. The van der Waals surface area contributed by atoms with Crippen molar-refractivity contribution in [2.45, 2.75) is 147 Å². The topological polar surface area (TPSA) is 167 Å². The Morgan fingerprint density at radius 2 is 1.60 bits per heavy atom. The molecule has 0 unspecified atom stereocenters. The van der Waals surface area contributed by atoms with E-state index in [-0.39, 0.29) is 63.9 Å². The lowest BCUT2D eigenvalue weighted by Gasteiger charge is -2.59. The highest BCUT2D eigenvalue weighted by molar-refractivity contribution is 6.03. The Kier molecular flexibility index (Phi) is 20.9. The Bertz CT molecular complexity index is 2010. The summed E-state index contributed by atoms with van der Waals surface area (Å²) in [5, 5.41) is 27.5. The monoisotopic (exact) mass is 944 g/mol. The van der Waals surface area contributed by atoms with E-state index in [9.17, 15) is 19.8 Å². The standard InChI is InChI=1S/C54H77N3O11/c1-5-8-10-11-12-13-14-15-16-19-28-55-52(60)67-41-25-27-46-44(35-41)50-42(23-18-21-30-59)40(22-17-20-29-58)34-43-45(56-62-4)36-49(54(68-46,51(43)50)66-31-7-3)57(53(61)63-32-9-6-2)37-39-24-26-47-48(33-39)65-38-64-47/h6-7,24-27,33-35,40,42,49-51,58-59H,2-3,5,8-23,28-32,36-38H2,1,4H3,(H,55,60)/t40-,42+,49-,50+,51+,54+/m0/s1. The van der Waals surface area contributed by atoms with Gasteiger partial charge in [-0.05, 0) is 91.8 Å². The SMILES string of the molecule is C=CCCOC(=O)N(Cc1ccc2c(c1)OCO2)[C@H]1CC(=NOC)C2=C[C@H](CCCCO)[C@@H](CCCCO)[C@@H]3c4cc(OC(=O)NCCCCCCCCCCCC)ccc4O[C@@]1(OCC=C)[C@H]23. The molecule has 2 aromatic rings.